The van der Waals surface area contributed by atoms with Gasteiger partial charge in [0.25, 0.3) is 14.7 Å². The molecule has 0 spiro atoms. The first-order valence-electron chi connectivity index (χ1n) is 5.99. The van der Waals surface area contributed by atoms with Crippen molar-refractivity contribution in [2.24, 2.45) is 0 Å². The predicted octanol–water partition coefficient (Wildman–Crippen LogP) is 7.53. The Morgan fingerprint density at radius 2 is 0.759 bits per heavy atom. The number of hydrogen-bond donors (Lipinski definition) is 0. The number of halogens is 16. The van der Waals surface area contributed by atoms with Crippen molar-refractivity contribution in [2.45, 2.75) is 35.5 Å². The molecule has 0 saturated carbocycles. The van der Waals surface area contributed by atoms with Gasteiger partial charge in [-0.1, -0.05) is 0 Å². The molecule has 2 unspecified atom stereocenters. The number of alkyl halides is 16. The van der Waals surface area contributed by atoms with Crippen LogP contribution in [-0.2, 0) is 13.4 Å². The minimum atomic E-state index is -7.54. The molecule has 0 N–H and O–H groups in total. The molecule has 0 aliphatic heterocycles. The van der Waals surface area contributed by atoms with Crippen LogP contribution in [-0.4, -0.2) is 46.8 Å². The van der Waals surface area contributed by atoms with E-state index in [4.69, 9.17) is 0 Å². The molecule has 2 atom stereocenters. The molecule has 0 heterocycles. The second-order valence-corrected chi connectivity index (χ2v) is 11.3. The van der Waals surface area contributed by atoms with Crippen molar-refractivity contribution >= 4 is 37.9 Å². The van der Waals surface area contributed by atoms with Gasteiger partial charge in [0.2, 0.25) is 0 Å². The van der Waals surface area contributed by atoms with Gasteiger partial charge in [0, 0.05) is 0 Å². The first-order chi connectivity index (χ1) is 12.3. The molecule has 0 aromatic rings. The highest BCUT2D eigenvalue weighted by atomic mass is 35.5. The Morgan fingerprint density at radius 3 is 0.897 bits per heavy atom. The molecular formula is C8H4Cl2F14O3P2. The van der Waals surface area contributed by atoms with E-state index in [9.17, 15) is 70.6 Å². The van der Waals surface area contributed by atoms with E-state index in [-0.39, 0.29) is 0 Å². The molecule has 0 bridgehead atoms. The quantitative estimate of drug-likeness (QED) is 0.179. The van der Waals surface area contributed by atoms with Crippen LogP contribution in [0.2, 0.25) is 0 Å². The van der Waals surface area contributed by atoms with Crippen LogP contribution in [0.4, 0.5) is 61.5 Å². The summed E-state index contributed by atoms with van der Waals surface area (Å²) in [6.07, 6.45) is -14.5. The lowest BCUT2D eigenvalue weighted by atomic mass is 10.3. The summed E-state index contributed by atoms with van der Waals surface area (Å²) in [7, 11) is -15.1. The van der Waals surface area contributed by atoms with Crippen LogP contribution in [0, 0.1) is 0 Å². The number of hydrogen-bond acceptors (Lipinski definition) is 3. The first-order valence-corrected chi connectivity index (χ1v) is 10.7. The Kier molecular flexibility index (Phi) is 7.86. The van der Waals surface area contributed by atoms with Gasteiger partial charge in [0.05, 0.1) is 0 Å². The highest BCUT2D eigenvalue weighted by Crippen LogP contribution is 2.81. The highest BCUT2D eigenvalue weighted by Gasteiger charge is 2.84. The second kappa shape index (κ2) is 7.86. The highest BCUT2D eigenvalue weighted by molar-refractivity contribution is 7.74. The van der Waals surface area contributed by atoms with E-state index in [0.29, 0.717) is 0 Å². The van der Waals surface area contributed by atoms with Crippen LogP contribution in [0.1, 0.15) is 0 Å². The SMILES string of the molecule is O=P(CCl)(OP(=O)(CCl)C(F)(F)C(F)(F)C(F)(F)F)C(F)(F)C(F)(F)C(F)(F)F. The van der Waals surface area contributed by atoms with E-state index in [1.54, 1.807) is 0 Å². The molecule has 176 valence electrons. The molecule has 0 aromatic heterocycles. The lowest BCUT2D eigenvalue weighted by molar-refractivity contribution is -0.335. The zero-order valence-electron chi connectivity index (χ0n) is 12.6. The average Bonchev–Trinajstić information content (AvgIpc) is 2.51. The first kappa shape index (κ1) is 29.0. The summed E-state index contributed by atoms with van der Waals surface area (Å²) in [5.74, 6) is -14.8. The van der Waals surface area contributed by atoms with Crippen molar-refractivity contribution in [3.05, 3.63) is 0 Å². The van der Waals surface area contributed by atoms with Crippen LogP contribution >= 0.6 is 37.9 Å². The third-order valence-electron chi connectivity index (χ3n) is 2.90. The van der Waals surface area contributed by atoms with Crippen LogP contribution in [0.25, 0.3) is 0 Å². The van der Waals surface area contributed by atoms with Crippen LogP contribution in [0.5, 0.6) is 0 Å². The van der Waals surface area contributed by atoms with Crippen LogP contribution in [0.15, 0.2) is 0 Å². The molecule has 0 aliphatic rings. The lowest BCUT2D eigenvalue weighted by Gasteiger charge is -2.37. The molecule has 0 aromatic carbocycles. The van der Waals surface area contributed by atoms with Crippen molar-refractivity contribution in [3.63, 3.8) is 0 Å². The monoisotopic (exact) mass is 546 g/mol. The van der Waals surface area contributed by atoms with Gasteiger partial charge < -0.3 is 0 Å². The normalized spacial score (nSPS) is 19.6. The second-order valence-electron chi connectivity index (χ2n) is 4.89. The molecule has 0 rings (SSSR count). The Labute approximate surface area is 160 Å². The van der Waals surface area contributed by atoms with E-state index in [2.05, 4.69) is 27.5 Å². The largest absolute Gasteiger partial charge is 0.460 e. The summed E-state index contributed by atoms with van der Waals surface area (Å²) in [5.41, 5.74) is -19.9. The fourth-order valence-electron chi connectivity index (χ4n) is 1.28. The van der Waals surface area contributed by atoms with Gasteiger partial charge in [-0.2, -0.15) is 61.5 Å². The molecule has 21 heteroatoms. The smallest absolute Gasteiger partial charge is 0.285 e. The van der Waals surface area contributed by atoms with Crippen LogP contribution < -0.4 is 0 Å². The van der Waals surface area contributed by atoms with E-state index in [1.807, 2.05) is 0 Å². The van der Waals surface area contributed by atoms with Gasteiger partial charge in [-0.3, -0.25) is 13.4 Å². The number of rotatable bonds is 8. The summed E-state index contributed by atoms with van der Waals surface area (Å²) in [4.78, 5) is 0. The van der Waals surface area contributed by atoms with Crippen molar-refractivity contribution in [2.75, 3.05) is 11.2 Å². The van der Waals surface area contributed by atoms with Crippen molar-refractivity contribution < 1.29 is 74.9 Å². The summed E-state index contributed by atoms with van der Waals surface area (Å²) < 4.78 is 205. The summed E-state index contributed by atoms with van der Waals surface area (Å²) in [6, 6.07) is 0. The predicted molar refractivity (Wildman–Crippen MR) is 69.6 cm³/mol. The van der Waals surface area contributed by atoms with Gasteiger partial charge in [-0.25, -0.2) is 0 Å². The molecular weight excluding hydrogens is 543 g/mol. The topological polar surface area (TPSA) is 43.4 Å². The maximum absolute atomic E-state index is 13.6. The van der Waals surface area contributed by atoms with E-state index in [1.165, 1.54) is 0 Å². The maximum atomic E-state index is 13.6. The Morgan fingerprint density at radius 1 is 0.552 bits per heavy atom. The average molecular weight is 547 g/mol. The molecule has 0 saturated heterocycles. The minimum absolute atomic E-state index is 2.79. The molecule has 0 amide bonds. The Hall–Kier alpha value is 0.0200. The fourth-order valence-corrected chi connectivity index (χ4v) is 7.25. The molecule has 0 fully saturated rings. The molecule has 3 nitrogen and oxygen atoms in total. The Bertz CT molecular complexity index is 644. The molecule has 0 radical (unpaired) electrons. The zero-order chi connectivity index (χ0) is 24.1. The van der Waals surface area contributed by atoms with Gasteiger partial charge in [-0.05, 0) is 0 Å². The van der Waals surface area contributed by atoms with Crippen molar-refractivity contribution in [3.8, 4) is 0 Å². The third kappa shape index (κ3) is 4.35. The van der Waals surface area contributed by atoms with Crippen molar-refractivity contribution in [1.82, 2.24) is 0 Å². The van der Waals surface area contributed by atoms with Crippen LogP contribution in [0.3, 0.4) is 0 Å². The van der Waals surface area contributed by atoms with E-state index >= 15 is 0 Å². The van der Waals surface area contributed by atoms with Crippen molar-refractivity contribution in [1.29, 1.82) is 0 Å². The fraction of sp³-hybridized carbons (Fsp3) is 1.00. The van der Waals surface area contributed by atoms with Gasteiger partial charge in [0.15, 0.2) is 0 Å². The lowest BCUT2D eigenvalue weighted by Crippen LogP contribution is -2.53. The molecule has 0 aliphatic carbocycles. The zero-order valence-corrected chi connectivity index (χ0v) is 15.9. The van der Waals surface area contributed by atoms with Gasteiger partial charge >= 0.3 is 35.5 Å². The van der Waals surface area contributed by atoms with E-state index < -0.39 is 61.5 Å². The molecule has 29 heavy (non-hydrogen) atoms. The summed E-state index contributed by atoms with van der Waals surface area (Å²) in [6.45, 7) is 0. The summed E-state index contributed by atoms with van der Waals surface area (Å²) >= 11 is 8.96. The standard InChI is InChI=1S/C8H4Cl2F14O3P2/c9-1-28(25,7(21,22)3(11,12)5(15,16)17)27-29(26,2-10)8(23,24)4(13,14)6(18,19)20/h1-2H2. The van der Waals surface area contributed by atoms with Gasteiger partial charge in [0.1, 0.15) is 11.2 Å². The Balaban J connectivity index is 6.67. The van der Waals surface area contributed by atoms with E-state index in [0.717, 1.165) is 0 Å². The maximum Gasteiger partial charge on any atom is 0.460 e. The van der Waals surface area contributed by atoms with Gasteiger partial charge in [-0.15, -0.1) is 23.2 Å². The summed E-state index contributed by atoms with van der Waals surface area (Å²) in [5, 5.41) is 0. The third-order valence-corrected chi connectivity index (χ3v) is 9.80. The minimum Gasteiger partial charge on any atom is -0.285 e.